The summed E-state index contributed by atoms with van der Waals surface area (Å²) in [6, 6.07) is 3.96. The summed E-state index contributed by atoms with van der Waals surface area (Å²) >= 11 is 5.85. The Morgan fingerprint density at radius 3 is 2.78 bits per heavy atom. The second-order valence-electron chi connectivity index (χ2n) is 5.35. The van der Waals surface area contributed by atoms with E-state index in [-0.39, 0.29) is 24.0 Å². The molecule has 1 aromatic carbocycles. The largest absolute Gasteiger partial charge is 0.465 e. The van der Waals surface area contributed by atoms with Crippen molar-refractivity contribution in [1.29, 1.82) is 0 Å². The molecule has 5 nitrogen and oxygen atoms in total. The van der Waals surface area contributed by atoms with Gasteiger partial charge in [-0.1, -0.05) is 11.6 Å². The number of amides is 1. The lowest BCUT2D eigenvalue weighted by molar-refractivity contribution is -0.144. The number of ether oxygens (including phenoxy) is 1. The van der Waals surface area contributed by atoms with Crippen molar-refractivity contribution in [2.45, 2.75) is 13.3 Å². The van der Waals surface area contributed by atoms with Crippen LogP contribution in [0.2, 0.25) is 5.02 Å². The molecule has 23 heavy (non-hydrogen) atoms. The van der Waals surface area contributed by atoms with E-state index < -0.39 is 5.82 Å². The van der Waals surface area contributed by atoms with Gasteiger partial charge in [0.1, 0.15) is 5.82 Å². The van der Waals surface area contributed by atoms with Crippen LogP contribution in [0.25, 0.3) is 0 Å². The molecule has 7 heteroatoms. The van der Waals surface area contributed by atoms with Gasteiger partial charge >= 0.3 is 5.97 Å². The number of rotatable bonds is 4. The summed E-state index contributed by atoms with van der Waals surface area (Å²) in [4.78, 5) is 27.5. The molecule has 0 spiro atoms. The number of nitrogens with zero attached hydrogens (tertiary/aromatic N) is 2. The van der Waals surface area contributed by atoms with E-state index in [9.17, 15) is 14.0 Å². The number of esters is 1. The van der Waals surface area contributed by atoms with Gasteiger partial charge in [0.25, 0.3) is 5.91 Å². The lowest BCUT2D eigenvalue weighted by Gasteiger charge is -2.21. The zero-order chi connectivity index (χ0) is 16.8. The highest BCUT2D eigenvalue weighted by Crippen LogP contribution is 2.17. The minimum atomic E-state index is -0.577. The standard InChI is InChI=1S/C16H20ClFN2O3/c1-2-23-15(21)11-19-6-3-7-20(9-8-19)16(22)13-10-12(17)4-5-14(13)18/h4-5,10H,2-3,6-9,11H2,1H3. The van der Waals surface area contributed by atoms with E-state index in [2.05, 4.69) is 0 Å². The average Bonchev–Trinajstić information content (AvgIpc) is 2.75. The molecule has 1 aliphatic rings. The second-order valence-corrected chi connectivity index (χ2v) is 5.79. The molecule has 1 fully saturated rings. The van der Waals surface area contributed by atoms with Crippen molar-refractivity contribution in [2.24, 2.45) is 0 Å². The van der Waals surface area contributed by atoms with Crippen LogP contribution in [0.1, 0.15) is 23.7 Å². The maximum Gasteiger partial charge on any atom is 0.320 e. The SMILES string of the molecule is CCOC(=O)CN1CCCN(C(=O)c2cc(Cl)ccc2F)CC1. The van der Waals surface area contributed by atoms with Crippen LogP contribution in [0.3, 0.4) is 0 Å². The summed E-state index contributed by atoms with van der Waals surface area (Å²) < 4.78 is 18.8. The maximum atomic E-state index is 13.8. The van der Waals surface area contributed by atoms with Crippen molar-refractivity contribution in [2.75, 3.05) is 39.3 Å². The smallest absolute Gasteiger partial charge is 0.320 e. The van der Waals surface area contributed by atoms with Crippen LogP contribution in [-0.4, -0.2) is 61.0 Å². The first-order chi connectivity index (χ1) is 11.0. The molecule has 1 saturated heterocycles. The third-order valence-corrected chi connectivity index (χ3v) is 3.93. The van der Waals surface area contributed by atoms with E-state index in [0.29, 0.717) is 44.2 Å². The van der Waals surface area contributed by atoms with E-state index in [0.717, 1.165) is 0 Å². The summed E-state index contributed by atoms with van der Waals surface area (Å²) in [5, 5.41) is 0.327. The van der Waals surface area contributed by atoms with Gasteiger partial charge in [0.2, 0.25) is 0 Å². The molecule has 0 saturated carbocycles. The molecule has 0 aromatic heterocycles. The third-order valence-electron chi connectivity index (χ3n) is 3.69. The molecule has 0 aliphatic carbocycles. The summed E-state index contributed by atoms with van der Waals surface area (Å²) in [5.74, 6) is -1.22. The Labute approximate surface area is 140 Å². The van der Waals surface area contributed by atoms with Gasteiger partial charge in [0.05, 0.1) is 18.7 Å². The topological polar surface area (TPSA) is 49.9 Å². The van der Waals surface area contributed by atoms with E-state index >= 15 is 0 Å². The molecule has 0 bridgehead atoms. The lowest BCUT2D eigenvalue weighted by Crippen LogP contribution is -2.37. The van der Waals surface area contributed by atoms with Crippen molar-refractivity contribution in [3.05, 3.63) is 34.6 Å². The predicted molar refractivity (Wildman–Crippen MR) is 85.0 cm³/mol. The fourth-order valence-electron chi connectivity index (χ4n) is 2.55. The Morgan fingerprint density at radius 2 is 2.04 bits per heavy atom. The van der Waals surface area contributed by atoms with Gasteiger partial charge in [-0.3, -0.25) is 14.5 Å². The van der Waals surface area contributed by atoms with E-state index in [4.69, 9.17) is 16.3 Å². The summed E-state index contributed by atoms with van der Waals surface area (Å²) in [6.07, 6.45) is 0.716. The fourth-order valence-corrected chi connectivity index (χ4v) is 2.73. The predicted octanol–water partition coefficient (Wildman–Crippen LogP) is 2.19. The number of carbonyl (C=O) groups is 2. The van der Waals surface area contributed by atoms with E-state index in [1.165, 1.54) is 18.2 Å². The van der Waals surface area contributed by atoms with Gasteiger partial charge in [0.15, 0.2) is 0 Å². The molecule has 126 valence electrons. The summed E-state index contributed by atoms with van der Waals surface area (Å²) in [6.45, 7) is 4.52. The number of hydrogen-bond acceptors (Lipinski definition) is 4. The van der Waals surface area contributed by atoms with Crippen LogP contribution in [0.5, 0.6) is 0 Å². The Hall–Kier alpha value is -1.66. The molecular weight excluding hydrogens is 323 g/mol. The highest BCUT2D eigenvalue weighted by molar-refractivity contribution is 6.31. The molecule has 0 unspecified atom stereocenters. The minimum Gasteiger partial charge on any atom is -0.465 e. The Kier molecular flexibility index (Phi) is 6.36. The molecule has 1 amide bonds. The van der Waals surface area contributed by atoms with Crippen LogP contribution >= 0.6 is 11.6 Å². The maximum absolute atomic E-state index is 13.8. The monoisotopic (exact) mass is 342 g/mol. The van der Waals surface area contributed by atoms with E-state index in [1.54, 1.807) is 11.8 Å². The van der Waals surface area contributed by atoms with Gasteiger partial charge < -0.3 is 9.64 Å². The number of halogens is 2. The van der Waals surface area contributed by atoms with Crippen LogP contribution in [0.15, 0.2) is 18.2 Å². The van der Waals surface area contributed by atoms with Crippen LogP contribution in [0, 0.1) is 5.82 Å². The summed E-state index contributed by atoms with van der Waals surface area (Å²) in [5.41, 5.74) is -0.0173. The number of hydrogen-bond donors (Lipinski definition) is 0. The quantitative estimate of drug-likeness (QED) is 0.787. The van der Waals surface area contributed by atoms with Gasteiger partial charge in [-0.2, -0.15) is 0 Å². The molecule has 0 N–H and O–H groups in total. The lowest BCUT2D eigenvalue weighted by atomic mass is 10.2. The van der Waals surface area contributed by atoms with Crippen LogP contribution in [-0.2, 0) is 9.53 Å². The fraction of sp³-hybridized carbons (Fsp3) is 0.500. The molecule has 0 radical (unpaired) electrons. The normalized spacial score (nSPS) is 16.0. The first kappa shape index (κ1) is 17.7. The van der Waals surface area contributed by atoms with Gasteiger partial charge in [-0.15, -0.1) is 0 Å². The van der Waals surface area contributed by atoms with Crippen LogP contribution < -0.4 is 0 Å². The average molecular weight is 343 g/mol. The Morgan fingerprint density at radius 1 is 1.26 bits per heavy atom. The highest BCUT2D eigenvalue weighted by atomic mass is 35.5. The Bertz CT molecular complexity index is 582. The first-order valence-corrected chi connectivity index (χ1v) is 8.01. The van der Waals surface area contributed by atoms with Crippen molar-refractivity contribution in [3.63, 3.8) is 0 Å². The molecule has 1 aliphatic heterocycles. The van der Waals surface area contributed by atoms with Crippen molar-refractivity contribution in [1.82, 2.24) is 9.80 Å². The molecular formula is C16H20ClFN2O3. The summed E-state index contributed by atoms with van der Waals surface area (Å²) in [7, 11) is 0. The van der Waals surface area contributed by atoms with Crippen molar-refractivity contribution < 1.29 is 18.7 Å². The second kappa shape index (κ2) is 8.26. The zero-order valence-corrected chi connectivity index (χ0v) is 13.8. The van der Waals surface area contributed by atoms with Crippen molar-refractivity contribution >= 4 is 23.5 Å². The zero-order valence-electron chi connectivity index (χ0n) is 13.1. The number of carbonyl (C=O) groups excluding carboxylic acids is 2. The van der Waals surface area contributed by atoms with Crippen molar-refractivity contribution in [3.8, 4) is 0 Å². The number of benzene rings is 1. The molecule has 1 heterocycles. The molecule has 1 aromatic rings. The van der Waals surface area contributed by atoms with Gasteiger partial charge in [-0.05, 0) is 31.5 Å². The van der Waals surface area contributed by atoms with Gasteiger partial charge in [0, 0.05) is 31.2 Å². The van der Waals surface area contributed by atoms with E-state index in [1.807, 2.05) is 4.90 Å². The Balaban J connectivity index is 1.98. The highest BCUT2D eigenvalue weighted by Gasteiger charge is 2.23. The molecule has 2 rings (SSSR count). The van der Waals surface area contributed by atoms with Gasteiger partial charge in [-0.25, -0.2) is 4.39 Å². The third kappa shape index (κ3) is 4.91. The van der Waals surface area contributed by atoms with Crippen LogP contribution in [0.4, 0.5) is 4.39 Å². The molecule has 0 atom stereocenters. The minimum absolute atomic E-state index is 0.0173. The first-order valence-electron chi connectivity index (χ1n) is 7.63.